The van der Waals surface area contributed by atoms with Gasteiger partial charge in [0.1, 0.15) is 0 Å². The van der Waals surface area contributed by atoms with Gasteiger partial charge in [-0.1, -0.05) is 23.4 Å². The minimum atomic E-state index is -0.0779. The third kappa shape index (κ3) is 1.47. The van der Waals surface area contributed by atoms with Crippen LogP contribution in [0, 0.1) is 11.3 Å². The molecule has 0 saturated heterocycles. The second-order valence-electron chi connectivity index (χ2n) is 3.32. The Bertz CT molecular complexity index is 418. The van der Waals surface area contributed by atoms with Gasteiger partial charge in [0.2, 0.25) is 0 Å². The van der Waals surface area contributed by atoms with E-state index in [9.17, 15) is 0 Å². The lowest BCUT2D eigenvalue weighted by Crippen LogP contribution is -2.00. The monoisotopic (exact) mass is 186 g/mol. The summed E-state index contributed by atoms with van der Waals surface area (Å²) in [6, 6.07) is 9.63. The zero-order valence-corrected chi connectivity index (χ0v) is 7.90. The van der Waals surface area contributed by atoms with Crippen molar-refractivity contribution in [1.29, 1.82) is 5.26 Å². The number of oxime groups is 1. The molecule has 3 nitrogen and oxygen atoms in total. The smallest absolute Gasteiger partial charge is 0.159 e. The lowest BCUT2D eigenvalue weighted by molar-refractivity contribution is 0.0855. The van der Waals surface area contributed by atoms with Gasteiger partial charge in [0.15, 0.2) is 6.10 Å². The number of rotatable bonds is 1. The Morgan fingerprint density at radius 2 is 2.29 bits per heavy atom. The highest BCUT2D eigenvalue weighted by Crippen LogP contribution is 2.28. The molecule has 0 amide bonds. The summed E-state index contributed by atoms with van der Waals surface area (Å²) in [7, 11) is 0. The molecule has 1 atom stereocenters. The van der Waals surface area contributed by atoms with Crippen molar-refractivity contribution in [2.75, 3.05) is 0 Å². The van der Waals surface area contributed by atoms with Gasteiger partial charge in [-0.3, -0.25) is 0 Å². The van der Waals surface area contributed by atoms with Crippen LogP contribution in [0.4, 0.5) is 0 Å². The van der Waals surface area contributed by atoms with Crippen molar-refractivity contribution in [3.05, 3.63) is 35.4 Å². The number of nitriles is 1. The molecule has 1 aliphatic rings. The summed E-state index contributed by atoms with van der Waals surface area (Å²) in [5.41, 5.74) is 2.57. The Morgan fingerprint density at radius 3 is 2.93 bits per heavy atom. The first kappa shape index (κ1) is 8.76. The highest BCUT2D eigenvalue weighted by Gasteiger charge is 2.22. The lowest BCUT2D eigenvalue weighted by Gasteiger charge is -2.09. The first-order valence-electron chi connectivity index (χ1n) is 4.49. The van der Waals surface area contributed by atoms with Gasteiger partial charge in [0, 0.05) is 12.0 Å². The molecule has 70 valence electrons. The van der Waals surface area contributed by atoms with Crippen molar-refractivity contribution in [3.8, 4) is 6.07 Å². The number of hydrogen-bond donors (Lipinski definition) is 0. The number of nitrogens with zero attached hydrogens (tertiary/aromatic N) is 2. The van der Waals surface area contributed by atoms with E-state index in [1.807, 2.05) is 25.1 Å². The van der Waals surface area contributed by atoms with E-state index in [0.717, 1.165) is 17.7 Å². The highest BCUT2D eigenvalue weighted by atomic mass is 16.6. The van der Waals surface area contributed by atoms with Crippen LogP contribution in [0.2, 0.25) is 0 Å². The van der Waals surface area contributed by atoms with Crippen molar-refractivity contribution in [2.45, 2.75) is 19.4 Å². The largest absolute Gasteiger partial charge is 0.387 e. The maximum Gasteiger partial charge on any atom is 0.159 e. The van der Waals surface area contributed by atoms with Crippen LogP contribution in [0.3, 0.4) is 0 Å². The molecule has 1 aliphatic heterocycles. The summed E-state index contributed by atoms with van der Waals surface area (Å²) >= 11 is 0. The fourth-order valence-electron chi connectivity index (χ4n) is 1.54. The van der Waals surface area contributed by atoms with Crippen LogP contribution in [0.25, 0.3) is 0 Å². The normalized spacial score (nSPS) is 19.7. The summed E-state index contributed by atoms with van der Waals surface area (Å²) in [5.74, 6) is 0. The van der Waals surface area contributed by atoms with Crippen molar-refractivity contribution < 1.29 is 4.84 Å². The maximum atomic E-state index is 8.90. The van der Waals surface area contributed by atoms with E-state index in [1.54, 1.807) is 6.07 Å². The predicted octanol–water partition coefficient (Wildman–Crippen LogP) is 2.40. The van der Waals surface area contributed by atoms with Gasteiger partial charge >= 0.3 is 0 Å². The molecule has 0 aromatic heterocycles. The summed E-state index contributed by atoms with van der Waals surface area (Å²) in [5, 5.41) is 12.8. The van der Waals surface area contributed by atoms with E-state index in [4.69, 9.17) is 10.1 Å². The molecule has 2 rings (SSSR count). The Hall–Kier alpha value is -1.82. The fourth-order valence-corrected chi connectivity index (χ4v) is 1.54. The maximum absolute atomic E-state index is 8.90. The molecule has 0 saturated carbocycles. The summed E-state index contributed by atoms with van der Waals surface area (Å²) in [6.45, 7) is 1.93. The standard InChI is InChI=1S/C11H10N2O/c1-8-6-11(14-13-8)10-5-3-2-4-9(10)7-12/h2-5,11H,6H2,1H3/t11-/m1/s1. The second kappa shape index (κ2) is 3.51. The fraction of sp³-hybridized carbons (Fsp3) is 0.273. The summed E-state index contributed by atoms with van der Waals surface area (Å²) in [6.07, 6.45) is 0.699. The molecule has 0 bridgehead atoms. The van der Waals surface area contributed by atoms with E-state index in [0.29, 0.717) is 5.56 Å². The molecule has 14 heavy (non-hydrogen) atoms. The van der Waals surface area contributed by atoms with Gasteiger partial charge in [0.05, 0.1) is 17.3 Å². The van der Waals surface area contributed by atoms with Crippen LogP contribution < -0.4 is 0 Å². The van der Waals surface area contributed by atoms with Crippen LogP contribution in [0.5, 0.6) is 0 Å². The van der Waals surface area contributed by atoms with Gasteiger partial charge in [0.25, 0.3) is 0 Å². The van der Waals surface area contributed by atoms with Gasteiger partial charge in [-0.25, -0.2) is 0 Å². The van der Waals surface area contributed by atoms with Crippen LogP contribution in [0.1, 0.15) is 30.6 Å². The van der Waals surface area contributed by atoms with Gasteiger partial charge < -0.3 is 4.84 Å². The number of benzene rings is 1. The average molecular weight is 186 g/mol. The van der Waals surface area contributed by atoms with Crippen molar-refractivity contribution in [1.82, 2.24) is 0 Å². The minimum absolute atomic E-state index is 0.0779. The van der Waals surface area contributed by atoms with E-state index >= 15 is 0 Å². The van der Waals surface area contributed by atoms with Crippen LogP contribution in [-0.2, 0) is 4.84 Å². The highest BCUT2D eigenvalue weighted by molar-refractivity contribution is 5.83. The van der Waals surface area contributed by atoms with Crippen molar-refractivity contribution in [3.63, 3.8) is 0 Å². The van der Waals surface area contributed by atoms with E-state index < -0.39 is 0 Å². The first-order valence-corrected chi connectivity index (χ1v) is 4.49. The minimum Gasteiger partial charge on any atom is -0.387 e. The molecule has 1 heterocycles. The molecule has 0 N–H and O–H groups in total. The Balaban J connectivity index is 2.30. The quantitative estimate of drug-likeness (QED) is 0.676. The molecule has 0 fully saturated rings. The van der Waals surface area contributed by atoms with Crippen molar-refractivity contribution >= 4 is 5.71 Å². The number of hydrogen-bond acceptors (Lipinski definition) is 3. The summed E-state index contributed by atoms with van der Waals surface area (Å²) in [4.78, 5) is 5.23. The molecule has 1 aromatic rings. The topological polar surface area (TPSA) is 45.4 Å². The Kier molecular flexibility index (Phi) is 2.19. The Labute approximate surface area is 82.6 Å². The lowest BCUT2D eigenvalue weighted by atomic mass is 10.0. The molecular weight excluding hydrogens is 176 g/mol. The third-order valence-corrected chi connectivity index (χ3v) is 2.24. The molecule has 1 aromatic carbocycles. The van der Waals surface area contributed by atoms with E-state index in [1.165, 1.54) is 0 Å². The van der Waals surface area contributed by atoms with E-state index in [-0.39, 0.29) is 6.10 Å². The molecule has 0 spiro atoms. The van der Waals surface area contributed by atoms with Gasteiger partial charge in [-0.15, -0.1) is 0 Å². The molecule has 3 heteroatoms. The van der Waals surface area contributed by atoms with Gasteiger partial charge in [-0.2, -0.15) is 5.26 Å². The predicted molar refractivity (Wildman–Crippen MR) is 52.7 cm³/mol. The summed E-state index contributed by atoms with van der Waals surface area (Å²) < 4.78 is 0. The molecule has 0 radical (unpaired) electrons. The first-order chi connectivity index (χ1) is 6.81. The second-order valence-corrected chi connectivity index (χ2v) is 3.32. The van der Waals surface area contributed by atoms with Crippen LogP contribution >= 0.6 is 0 Å². The SMILES string of the molecule is CC1=NO[C@@H](c2ccccc2C#N)C1. The Morgan fingerprint density at radius 1 is 1.50 bits per heavy atom. The zero-order valence-electron chi connectivity index (χ0n) is 7.90. The van der Waals surface area contributed by atoms with Gasteiger partial charge in [-0.05, 0) is 13.0 Å². The van der Waals surface area contributed by atoms with Crippen LogP contribution in [-0.4, -0.2) is 5.71 Å². The van der Waals surface area contributed by atoms with Crippen LogP contribution in [0.15, 0.2) is 29.4 Å². The third-order valence-electron chi connectivity index (χ3n) is 2.24. The van der Waals surface area contributed by atoms with Crippen molar-refractivity contribution in [2.24, 2.45) is 5.16 Å². The zero-order chi connectivity index (χ0) is 9.97. The molecule has 0 aliphatic carbocycles. The van der Waals surface area contributed by atoms with E-state index in [2.05, 4.69) is 11.2 Å². The average Bonchev–Trinajstić information content (AvgIpc) is 2.65. The molecule has 0 unspecified atom stereocenters. The molecular formula is C11H10N2O.